The van der Waals surface area contributed by atoms with Gasteiger partial charge in [-0.15, -0.1) is 5.56 Å². The van der Waals surface area contributed by atoms with Crippen molar-refractivity contribution in [3.05, 3.63) is 60.2 Å². The molecule has 0 radical (unpaired) electrons. The zero-order valence-electron chi connectivity index (χ0n) is 10.2. The predicted molar refractivity (Wildman–Crippen MR) is 71.5 cm³/mol. The van der Waals surface area contributed by atoms with Crippen LogP contribution in [0.15, 0.2) is 48.5 Å². The Morgan fingerprint density at radius 2 is 1.78 bits per heavy atom. The van der Waals surface area contributed by atoms with Crippen LogP contribution in [0.4, 0.5) is 0 Å². The Bertz CT molecular complexity index is 431. The Morgan fingerprint density at radius 1 is 1.11 bits per heavy atom. The predicted octanol–water partition coefficient (Wildman–Crippen LogP) is 3.92. The van der Waals surface area contributed by atoms with E-state index < -0.39 is 0 Å². The van der Waals surface area contributed by atoms with Gasteiger partial charge in [-0.05, 0) is 24.3 Å². The third-order valence-corrected chi connectivity index (χ3v) is 2.24. The van der Waals surface area contributed by atoms with Gasteiger partial charge in [-0.2, -0.15) is 30.3 Å². The fourth-order valence-electron chi connectivity index (χ4n) is 1.36. The van der Waals surface area contributed by atoms with E-state index in [4.69, 9.17) is 9.47 Å². The number of rotatable bonds is 4. The van der Waals surface area contributed by atoms with Gasteiger partial charge < -0.3 is 9.47 Å². The van der Waals surface area contributed by atoms with E-state index in [0.29, 0.717) is 6.61 Å². The molecule has 0 aliphatic carbocycles. The number of hydrogen-bond donors (Lipinski definition) is 0. The summed E-state index contributed by atoms with van der Waals surface area (Å²) in [6.45, 7) is 0.559. The van der Waals surface area contributed by atoms with Crippen LogP contribution < -0.4 is 9.47 Å². The van der Waals surface area contributed by atoms with Crippen LogP contribution >= 0.6 is 13.6 Å². The Balaban J connectivity index is 0.000000771. The quantitative estimate of drug-likeness (QED) is 0.609. The maximum absolute atomic E-state index is 5.62. The van der Waals surface area contributed by atoms with E-state index in [1.54, 1.807) is 7.11 Å². The summed E-state index contributed by atoms with van der Waals surface area (Å²) in [6.07, 6.45) is 0. The fraction of sp³-hybridized carbons (Fsp3) is 0.143. The Hall–Kier alpha value is -0.857. The second-order valence-electron chi connectivity index (χ2n) is 3.38. The molecular formula is C14H13BrO2Zn. The van der Waals surface area contributed by atoms with Gasteiger partial charge in [0.1, 0.15) is 11.5 Å². The maximum atomic E-state index is 5.62. The van der Waals surface area contributed by atoms with Crippen LogP contribution in [0.3, 0.4) is 0 Å². The zero-order chi connectivity index (χ0) is 13.2. The van der Waals surface area contributed by atoms with Gasteiger partial charge in [-0.3, -0.25) is 0 Å². The molecule has 18 heavy (non-hydrogen) atoms. The summed E-state index contributed by atoms with van der Waals surface area (Å²) >= 11 is 4.25. The minimum atomic E-state index is 0.559. The van der Waals surface area contributed by atoms with Gasteiger partial charge in [-0.1, -0.05) is 0 Å². The third kappa shape index (κ3) is 5.20. The Kier molecular flexibility index (Phi) is 7.71. The van der Waals surface area contributed by atoms with Crippen LogP contribution in [0.2, 0.25) is 0 Å². The molecule has 0 amide bonds. The molecule has 0 fully saturated rings. The topological polar surface area (TPSA) is 18.5 Å². The summed E-state index contributed by atoms with van der Waals surface area (Å²) in [7, 11) is 1.65. The summed E-state index contributed by atoms with van der Waals surface area (Å²) in [5.41, 5.74) is 1.11. The van der Waals surface area contributed by atoms with E-state index in [-0.39, 0.29) is 0 Å². The molecule has 0 saturated heterocycles. The molecular weight excluding hydrogens is 345 g/mol. The minimum absolute atomic E-state index is 0.559. The summed E-state index contributed by atoms with van der Waals surface area (Å²) in [5.74, 6) is 1.67. The van der Waals surface area contributed by atoms with Crippen molar-refractivity contribution in [3.63, 3.8) is 0 Å². The van der Waals surface area contributed by atoms with Gasteiger partial charge in [0, 0.05) is 0 Å². The van der Waals surface area contributed by atoms with Crippen molar-refractivity contribution < 1.29 is 25.8 Å². The molecule has 0 atom stereocenters. The Morgan fingerprint density at radius 3 is 2.33 bits per heavy atom. The molecule has 90 valence electrons. The van der Waals surface area contributed by atoms with E-state index in [9.17, 15) is 0 Å². The molecule has 0 heterocycles. The first kappa shape index (κ1) is 15.2. The van der Waals surface area contributed by atoms with E-state index >= 15 is 0 Å². The van der Waals surface area contributed by atoms with Crippen molar-refractivity contribution in [1.82, 2.24) is 0 Å². The van der Waals surface area contributed by atoms with Crippen LogP contribution in [0.25, 0.3) is 0 Å². The summed E-state index contributed by atoms with van der Waals surface area (Å²) < 4.78 is 10.7. The molecule has 0 spiro atoms. The number of benzene rings is 2. The van der Waals surface area contributed by atoms with Crippen LogP contribution in [-0.4, -0.2) is 7.11 Å². The van der Waals surface area contributed by atoms with Gasteiger partial charge >= 0.3 is 30.0 Å². The molecule has 2 rings (SSSR count). The molecule has 0 bridgehead atoms. The van der Waals surface area contributed by atoms with Gasteiger partial charge in [0.25, 0.3) is 0 Å². The molecule has 0 unspecified atom stereocenters. The number of ether oxygens (including phenoxy) is 2. The molecule has 0 aliphatic heterocycles. The summed E-state index contributed by atoms with van der Waals surface area (Å²) in [4.78, 5) is 0. The van der Waals surface area contributed by atoms with E-state index in [1.165, 1.54) is 16.3 Å². The van der Waals surface area contributed by atoms with Crippen molar-refractivity contribution in [3.8, 4) is 11.5 Å². The van der Waals surface area contributed by atoms with Gasteiger partial charge in [0.2, 0.25) is 0 Å². The molecule has 0 saturated carbocycles. The normalized spacial score (nSPS) is 9.11. The van der Waals surface area contributed by atoms with E-state index in [1.807, 2.05) is 48.5 Å². The van der Waals surface area contributed by atoms with Crippen LogP contribution in [0, 0.1) is 6.07 Å². The van der Waals surface area contributed by atoms with Crippen molar-refractivity contribution in [2.75, 3.05) is 7.11 Å². The summed E-state index contributed by atoms with van der Waals surface area (Å²) in [5, 5.41) is 0. The molecule has 0 N–H and O–H groups in total. The number of hydrogen-bond acceptors (Lipinski definition) is 2. The first-order valence-corrected chi connectivity index (χ1v) is 12.3. The van der Waals surface area contributed by atoms with Crippen LogP contribution in [0.5, 0.6) is 11.5 Å². The van der Waals surface area contributed by atoms with Gasteiger partial charge in [0.05, 0.1) is 13.7 Å². The van der Waals surface area contributed by atoms with Crippen molar-refractivity contribution >= 4 is 13.6 Å². The molecule has 4 heteroatoms. The van der Waals surface area contributed by atoms with Gasteiger partial charge in [-0.25, -0.2) is 0 Å². The molecule has 0 aliphatic rings. The third-order valence-electron chi connectivity index (χ3n) is 2.24. The standard InChI is InChI=1S/C14H13O2.BrH.Zn/c1-15-13-7-9-14(10-8-13)16-11-12-5-3-2-4-6-12;;/h2-3,5-10H,11H2,1H3;1H;/q-1;;+2/p-1. The second kappa shape index (κ2) is 9.12. The second-order valence-corrected chi connectivity index (χ2v) is 3.38. The number of halogens is 1. The van der Waals surface area contributed by atoms with Crippen LogP contribution in [0.1, 0.15) is 5.56 Å². The van der Waals surface area contributed by atoms with Gasteiger partial charge in [0.15, 0.2) is 0 Å². The molecule has 2 aromatic rings. The first-order chi connectivity index (χ1) is 8.88. The average Bonchev–Trinajstić information content (AvgIpc) is 2.49. The van der Waals surface area contributed by atoms with Crippen molar-refractivity contribution in [2.45, 2.75) is 6.61 Å². The SMILES string of the molecule is COc1ccc(OCc2c[c-]ccc2)cc1.[Zn+][Br]. The van der Waals surface area contributed by atoms with Crippen molar-refractivity contribution in [2.24, 2.45) is 0 Å². The van der Waals surface area contributed by atoms with Crippen molar-refractivity contribution in [1.29, 1.82) is 0 Å². The summed E-state index contributed by atoms with van der Waals surface area (Å²) in [6, 6.07) is 18.3. The zero-order valence-corrected chi connectivity index (χ0v) is 14.8. The van der Waals surface area contributed by atoms with Crippen LogP contribution in [-0.2, 0) is 22.9 Å². The van der Waals surface area contributed by atoms with E-state index in [2.05, 4.69) is 19.7 Å². The fourth-order valence-corrected chi connectivity index (χ4v) is 1.36. The van der Waals surface area contributed by atoms with E-state index in [0.717, 1.165) is 17.1 Å². The molecule has 0 aromatic heterocycles. The first-order valence-electron chi connectivity index (χ1n) is 5.37. The Labute approximate surface area is 124 Å². The average molecular weight is 359 g/mol. The molecule has 2 aromatic carbocycles. The number of methoxy groups -OCH3 is 1. The monoisotopic (exact) mass is 356 g/mol. The molecule has 2 nitrogen and oxygen atoms in total.